The van der Waals surface area contributed by atoms with Crippen molar-refractivity contribution in [3.63, 3.8) is 0 Å². The van der Waals surface area contributed by atoms with Crippen LogP contribution < -0.4 is 22.3 Å². The highest BCUT2D eigenvalue weighted by Crippen LogP contribution is 2.09. The molecule has 0 aliphatic rings. The second-order valence-corrected chi connectivity index (χ2v) is 4.33. The van der Waals surface area contributed by atoms with Crippen molar-refractivity contribution in [2.75, 3.05) is 5.32 Å². The molecule has 2 heterocycles. The number of pyridine rings is 1. The summed E-state index contributed by atoms with van der Waals surface area (Å²) < 4.78 is 1.72. The van der Waals surface area contributed by atoms with Crippen molar-refractivity contribution in [2.45, 2.75) is 6.54 Å². The largest absolute Gasteiger partial charge is 1.00 e. The highest BCUT2D eigenvalue weighted by atomic mass is 35.5. The summed E-state index contributed by atoms with van der Waals surface area (Å²) in [6.45, 7) is 0.204. The predicted molar refractivity (Wildman–Crippen MR) is 66.8 cm³/mol. The molecule has 2 N–H and O–H groups in total. The Hall–Kier alpha value is -1.99. The Balaban J connectivity index is 0.00000180. The maximum atomic E-state index is 11.7. The van der Waals surface area contributed by atoms with Gasteiger partial charge in [-0.1, -0.05) is 5.16 Å². The first-order valence-electron chi connectivity index (χ1n) is 5.14. The number of carbonyl (C=O) groups is 1. The van der Waals surface area contributed by atoms with Crippen molar-refractivity contribution in [1.29, 1.82) is 0 Å². The van der Waals surface area contributed by atoms with E-state index in [0.717, 1.165) is 5.56 Å². The van der Waals surface area contributed by atoms with Gasteiger partial charge in [0.25, 0.3) is 5.91 Å². The molecule has 2 aromatic rings. The third-order valence-electron chi connectivity index (χ3n) is 2.13. The summed E-state index contributed by atoms with van der Waals surface area (Å²) in [6.07, 6.45) is 6.42. The molecule has 0 radical (unpaired) electrons. The number of amides is 1. The molecule has 0 bridgehead atoms. The zero-order chi connectivity index (χ0) is 12.8. The maximum Gasteiger partial charge on any atom is 0.292 e. The van der Waals surface area contributed by atoms with Gasteiger partial charge in [0.1, 0.15) is 0 Å². The van der Waals surface area contributed by atoms with Crippen molar-refractivity contribution in [3.8, 4) is 0 Å². The lowest BCUT2D eigenvalue weighted by Crippen LogP contribution is -3.00. The van der Waals surface area contributed by atoms with Crippen LogP contribution in [0.2, 0.25) is 0 Å². The van der Waals surface area contributed by atoms with Gasteiger partial charge in [-0.15, -0.1) is 11.3 Å². The molecular formula is C11H11ClN4O2S. The molecule has 0 saturated carbocycles. The first-order valence-corrected chi connectivity index (χ1v) is 6.02. The van der Waals surface area contributed by atoms with E-state index >= 15 is 0 Å². The van der Waals surface area contributed by atoms with Gasteiger partial charge in [-0.2, -0.15) is 4.57 Å². The fraction of sp³-hybridized carbons (Fsp3) is 0.0909. The minimum Gasteiger partial charge on any atom is -1.00 e. The zero-order valence-electron chi connectivity index (χ0n) is 9.73. The second-order valence-electron chi connectivity index (χ2n) is 3.43. The molecule has 0 unspecified atom stereocenters. The summed E-state index contributed by atoms with van der Waals surface area (Å²) in [5.41, 5.74) is 0.758. The van der Waals surface area contributed by atoms with Crippen molar-refractivity contribution in [3.05, 3.63) is 41.7 Å². The number of hydrogen-bond donors (Lipinski definition) is 2. The highest BCUT2D eigenvalue weighted by molar-refractivity contribution is 7.13. The molecule has 2 aromatic heterocycles. The SMILES string of the molecule is O=C(C[n+]1ccc(/C=N/O)cc1)Nc1nccs1.[Cl-]. The van der Waals surface area contributed by atoms with Gasteiger partial charge in [0.05, 0.1) is 6.21 Å². The zero-order valence-corrected chi connectivity index (χ0v) is 11.3. The van der Waals surface area contributed by atoms with Crippen LogP contribution in [0.15, 0.2) is 41.3 Å². The van der Waals surface area contributed by atoms with Crippen LogP contribution in [0.25, 0.3) is 0 Å². The Bertz CT molecular complexity index is 542. The van der Waals surface area contributed by atoms with Gasteiger partial charge in [0.2, 0.25) is 6.54 Å². The summed E-state index contributed by atoms with van der Waals surface area (Å²) in [7, 11) is 0. The van der Waals surface area contributed by atoms with Crippen molar-refractivity contribution in [2.24, 2.45) is 5.16 Å². The lowest BCUT2D eigenvalue weighted by Gasteiger charge is -1.98. The van der Waals surface area contributed by atoms with Gasteiger partial charge in [0.15, 0.2) is 17.5 Å². The fourth-order valence-corrected chi connectivity index (χ4v) is 1.88. The minimum absolute atomic E-state index is 0. The number of halogens is 1. The van der Waals surface area contributed by atoms with Crippen LogP contribution in [0.1, 0.15) is 5.56 Å². The summed E-state index contributed by atoms with van der Waals surface area (Å²) in [4.78, 5) is 15.6. The number of carbonyl (C=O) groups excluding carboxylic acids is 1. The Morgan fingerprint density at radius 1 is 1.53 bits per heavy atom. The third-order valence-corrected chi connectivity index (χ3v) is 2.82. The van der Waals surface area contributed by atoms with Gasteiger partial charge in [0, 0.05) is 29.3 Å². The fourth-order valence-electron chi connectivity index (χ4n) is 1.34. The monoisotopic (exact) mass is 298 g/mol. The molecule has 0 saturated heterocycles. The standard InChI is InChI=1S/C11H10N4O2S.ClH/c16-10(14-11-12-3-6-18-11)8-15-4-1-9(2-5-15)7-13-17;/h1-7H,8H2,(H,12,14,16);1H. The summed E-state index contributed by atoms with van der Waals surface area (Å²) in [5.74, 6) is -0.140. The average molecular weight is 299 g/mol. The Labute approximate surface area is 119 Å². The van der Waals surface area contributed by atoms with Gasteiger partial charge in [-0.05, 0) is 0 Å². The number of aromatic nitrogens is 2. The van der Waals surface area contributed by atoms with Gasteiger partial charge in [-0.25, -0.2) is 4.98 Å². The molecule has 0 aliphatic heterocycles. The molecule has 100 valence electrons. The third kappa shape index (κ3) is 4.65. The molecule has 0 aliphatic carbocycles. The van der Waals surface area contributed by atoms with Crippen LogP contribution in [-0.4, -0.2) is 22.3 Å². The quantitative estimate of drug-likeness (QED) is 0.293. The first-order chi connectivity index (χ1) is 8.78. The molecule has 0 fully saturated rings. The van der Waals surface area contributed by atoms with Crippen molar-refractivity contribution in [1.82, 2.24) is 4.98 Å². The van der Waals surface area contributed by atoms with Crippen molar-refractivity contribution >= 4 is 28.6 Å². The van der Waals surface area contributed by atoms with Gasteiger partial charge >= 0.3 is 0 Å². The number of rotatable bonds is 4. The maximum absolute atomic E-state index is 11.7. The van der Waals surface area contributed by atoms with E-state index in [0.29, 0.717) is 5.13 Å². The predicted octanol–water partition coefficient (Wildman–Crippen LogP) is -2.12. The van der Waals surface area contributed by atoms with Gasteiger partial charge < -0.3 is 17.6 Å². The lowest BCUT2D eigenvalue weighted by atomic mass is 10.3. The molecule has 0 aromatic carbocycles. The number of nitrogens with zero attached hydrogens (tertiary/aromatic N) is 3. The lowest BCUT2D eigenvalue weighted by molar-refractivity contribution is -0.684. The summed E-state index contributed by atoms with van der Waals surface area (Å²) >= 11 is 1.37. The van der Waals surface area contributed by atoms with E-state index in [-0.39, 0.29) is 24.9 Å². The van der Waals surface area contributed by atoms with E-state index in [4.69, 9.17) is 5.21 Å². The molecule has 19 heavy (non-hydrogen) atoms. The smallest absolute Gasteiger partial charge is 0.292 e. The highest BCUT2D eigenvalue weighted by Gasteiger charge is 2.10. The Morgan fingerprint density at radius 2 is 2.26 bits per heavy atom. The van der Waals surface area contributed by atoms with E-state index in [2.05, 4.69) is 15.5 Å². The van der Waals surface area contributed by atoms with Crippen LogP contribution >= 0.6 is 11.3 Å². The Morgan fingerprint density at radius 3 is 2.84 bits per heavy atom. The number of nitrogens with one attached hydrogen (secondary N) is 1. The van der Waals surface area contributed by atoms with Gasteiger partial charge in [-0.3, -0.25) is 10.1 Å². The Kier molecular flexibility index (Phi) is 5.91. The molecule has 0 atom stereocenters. The number of anilines is 1. The molecule has 8 heteroatoms. The van der Waals surface area contributed by atoms with Crippen LogP contribution in [0.3, 0.4) is 0 Å². The second kappa shape index (κ2) is 7.45. The number of oxime groups is 1. The summed E-state index contributed by atoms with van der Waals surface area (Å²) in [6, 6.07) is 3.49. The van der Waals surface area contributed by atoms with Crippen LogP contribution in [0, 0.1) is 0 Å². The van der Waals surface area contributed by atoms with Crippen LogP contribution in [0.5, 0.6) is 0 Å². The van der Waals surface area contributed by atoms with Crippen LogP contribution in [-0.2, 0) is 11.3 Å². The van der Waals surface area contributed by atoms with E-state index < -0.39 is 0 Å². The topological polar surface area (TPSA) is 78.5 Å². The van der Waals surface area contributed by atoms with E-state index in [1.165, 1.54) is 17.6 Å². The van der Waals surface area contributed by atoms with Crippen molar-refractivity contribution < 1.29 is 27.0 Å². The van der Waals surface area contributed by atoms with Crippen LogP contribution in [0.4, 0.5) is 5.13 Å². The average Bonchev–Trinajstić information content (AvgIpc) is 2.84. The van der Waals surface area contributed by atoms with E-state index in [1.807, 2.05) is 0 Å². The molecule has 6 nitrogen and oxygen atoms in total. The normalized spacial score (nSPS) is 10.1. The molecular weight excluding hydrogens is 288 g/mol. The first kappa shape index (κ1) is 15.1. The molecule has 2 rings (SSSR count). The minimum atomic E-state index is -0.140. The number of thiazole rings is 1. The number of hydrogen-bond acceptors (Lipinski definition) is 5. The van der Waals surface area contributed by atoms with E-state index in [9.17, 15) is 4.79 Å². The molecule has 1 amide bonds. The van der Waals surface area contributed by atoms with E-state index in [1.54, 1.807) is 40.7 Å². The summed E-state index contributed by atoms with van der Waals surface area (Å²) in [5, 5.41) is 16.4. The molecule has 0 spiro atoms.